The standard InChI is InChI=1S/C14H20Br3N3OS/c1-6-9(4)22-10(5)7(2)19(6)14(21)8(3)20-13(17)11(15)12(16)18-20/h6-10H,1-5H3. The fourth-order valence-corrected chi connectivity index (χ4v) is 5.59. The van der Waals surface area contributed by atoms with Crippen molar-refractivity contribution < 1.29 is 4.79 Å². The summed E-state index contributed by atoms with van der Waals surface area (Å²) in [6.07, 6.45) is 0. The average molecular weight is 518 g/mol. The van der Waals surface area contributed by atoms with Crippen molar-refractivity contribution in [3.05, 3.63) is 13.7 Å². The zero-order valence-corrected chi connectivity index (χ0v) is 18.8. The first-order valence-corrected chi connectivity index (χ1v) is 10.6. The number of carbonyl (C=O) groups is 1. The van der Waals surface area contributed by atoms with Crippen molar-refractivity contribution in [2.24, 2.45) is 0 Å². The maximum absolute atomic E-state index is 13.1. The van der Waals surface area contributed by atoms with Gasteiger partial charge in [0.1, 0.15) is 15.2 Å². The first-order valence-electron chi connectivity index (χ1n) is 7.23. The van der Waals surface area contributed by atoms with E-state index in [1.807, 2.05) is 23.6 Å². The van der Waals surface area contributed by atoms with E-state index in [4.69, 9.17) is 0 Å². The van der Waals surface area contributed by atoms with Gasteiger partial charge in [0, 0.05) is 22.6 Å². The molecule has 0 N–H and O–H groups in total. The first-order chi connectivity index (χ1) is 10.2. The molecular formula is C14H20Br3N3OS. The molecule has 8 heteroatoms. The summed E-state index contributed by atoms with van der Waals surface area (Å²) in [7, 11) is 0. The summed E-state index contributed by atoms with van der Waals surface area (Å²) in [4.78, 5) is 15.1. The fraction of sp³-hybridized carbons (Fsp3) is 0.714. The quantitative estimate of drug-likeness (QED) is 0.562. The second-order valence-electron chi connectivity index (χ2n) is 5.79. The highest BCUT2D eigenvalue weighted by molar-refractivity contribution is 9.14. The monoisotopic (exact) mass is 515 g/mol. The first kappa shape index (κ1) is 18.8. The molecule has 4 nitrogen and oxygen atoms in total. The van der Waals surface area contributed by atoms with Gasteiger partial charge < -0.3 is 4.90 Å². The van der Waals surface area contributed by atoms with Gasteiger partial charge in [0.25, 0.3) is 0 Å². The number of halogens is 3. The van der Waals surface area contributed by atoms with Gasteiger partial charge in [-0.1, -0.05) is 13.8 Å². The molecule has 2 rings (SSSR count). The lowest BCUT2D eigenvalue weighted by Gasteiger charge is -2.46. The topological polar surface area (TPSA) is 38.1 Å². The minimum atomic E-state index is -0.357. The van der Waals surface area contributed by atoms with E-state index in [1.165, 1.54) is 0 Å². The summed E-state index contributed by atoms with van der Waals surface area (Å²) in [6.45, 7) is 10.6. The Labute approximate surface area is 161 Å². The zero-order chi connectivity index (χ0) is 16.8. The van der Waals surface area contributed by atoms with Gasteiger partial charge in [-0.05, 0) is 68.6 Å². The van der Waals surface area contributed by atoms with Crippen LogP contribution >= 0.6 is 59.6 Å². The van der Waals surface area contributed by atoms with Crippen molar-refractivity contribution in [1.82, 2.24) is 14.7 Å². The largest absolute Gasteiger partial charge is 0.333 e. The van der Waals surface area contributed by atoms with Gasteiger partial charge in [0.05, 0.1) is 4.47 Å². The molecule has 0 aromatic carbocycles. The molecule has 1 fully saturated rings. The molecule has 22 heavy (non-hydrogen) atoms. The van der Waals surface area contributed by atoms with Crippen LogP contribution in [0, 0.1) is 0 Å². The molecule has 1 aromatic heterocycles. The molecule has 0 spiro atoms. The molecule has 1 aromatic rings. The molecule has 1 aliphatic rings. The summed E-state index contributed by atoms with van der Waals surface area (Å²) in [5, 5.41) is 5.27. The molecule has 5 unspecified atom stereocenters. The minimum Gasteiger partial charge on any atom is -0.333 e. The number of rotatable bonds is 2. The van der Waals surface area contributed by atoms with E-state index in [-0.39, 0.29) is 24.0 Å². The predicted octanol–water partition coefficient (Wildman–Crippen LogP) is 4.86. The maximum Gasteiger partial charge on any atom is 0.247 e. The highest BCUT2D eigenvalue weighted by Gasteiger charge is 2.40. The highest BCUT2D eigenvalue weighted by atomic mass is 79.9. The summed E-state index contributed by atoms with van der Waals surface area (Å²) in [5.41, 5.74) is 0. The van der Waals surface area contributed by atoms with Gasteiger partial charge in [-0.15, -0.1) is 0 Å². The second-order valence-corrected chi connectivity index (χ2v) is 9.84. The van der Waals surface area contributed by atoms with Crippen LogP contribution < -0.4 is 0 Å². The Morgan fingerprint density at radius 1 is 1.14 bits per heavy atom. The van der Waals surface area contributed by atoms with Crippen molar-refractivity contribution in [3.8, 4) is 0 Å². The van der Waals surface area contributed by atoms with Crippen LogP contribution in [0.25, 0.3) is 0 Å². The maximum atomic E-state index is 13.1. The summed E-state index contributed by atoms with van der Waals surface area (Å²) in [5.74, 6) is 0.113. The molecular weight excluding hydrogens is 498 g/mol. The van der Waals surface area contributed by atoms with Gasteiger partial charge >= 0.3 is 0 Å². The van der Waals surface area contributed by atoms with Crippen molar-refractivity contribution in [3.63, 3.8) is 0 Å². The van der Waals surface area contributed by atoms with Gasteiger partial charge in [0.15, 0.2) is 0 Å². The lowest BCUT2D eigenvalue weighted by molar-refractivity contribution is -0.139. The Balaban J connectivity index is 2.31. The van der Waals surface area contributed by atoms with Crippen LogP contribution in [0.5, 0.6) is 0 Å². The minimum absolute atomic E-state index is 0.113. The fourth-order valence-electron chi connectivity index (χ4n) is 2.74. The van der Waals surface area contributed by atoms with E-state index in [9.17, 15) is 4.79 Å². The highest BCUT2D eigenvalue weighted by Crippen LogP contribution is 2.37. The van der Waals surface area contributed by atoms with Crippen molar-refractivity contribution in [2.75, 3.05) is 0 Å². The lowest BCUT2D eigenvalue weighted by atomic mass is 10.1. The Morgan fingerprint density at radius 2 is 1.64 bits per heavy atom. The van der Waals surface area contributed by atoms with Gasteiger partial charge in [-0.2, -0.15) is 16.9 Å². The molecule has 0 radical (unpaired) electrons. The van der Waals surface area contributed by atoms with Crippen molar-refractivity contribution in [1.29, 1.82) is 0 Å². The number of thioether (sulfide) groups is 1. The molecule has 124 valence electrons. The lowest BCUT2D eigenvalue weighted by Crippen LogP contribution is -2.57. The summed E-state index contributed by atoms with van der Waals surface area (Å²) < 4.78 is 4.00. The number of aromatic nitrogens is 2. The van der Waals surface area contributed by atoms with Crippen LogP contribution in [0.3, 0.4) is 0 Å². The molecule has 1 saturated heterocycles. The van der Waals surface area contributed by atoms with Crippen molar-refractivity contribution in [2.45, 2.75) is 63.2 Å². The van der Waals surface area contributed by atoms with Crippen LogP contribution in [-0.2, 0) is 4.79 Å². The molecule has 5 atom stereocenters. The van der Waals surface area contributed by atoms with E-state index in [1.54, 1.807) is 4.68 Å². The summed E-state index contributed by atoms with van der Waals surface area (Å²) >= 11 is 12.3. The zero-order valence-electron chi connectivity index (χ0n) is 13.2. The third-order valence-electron chi connectivity index (χ3n) is 4.40. The van der Waals surface area contributed by atoms with Crippen LogP contribution in [0.4, 0.5) is 0 Å². The average Bonchev–Trinajstić information content (AvgIpc) is 2.72. The Morgan fingerprint density at radius 3 is 2.05 bits per heavy atom. The normalized spacial score (nSPS) is 30.5. The molecule has 1 amide bonds. The SMILES string of the molecule is CC1SC(C)C(C)N(C(=O)C(C)n2nc(Br)c(Br)c2Br)C1C. The number of carbonyl (C=O) groups excluding carboxylic acids is 1. The van der Waals surface area contributed by atoms with Crippen LogP contribution in [0.1, 0.15) is 40.7 Å². The number of nitrogens with zero attached hydrogens (tertiary/aromatic N) is 3. The number of hydrogen-bond acceptors (Lipinski definition) is 3. The van der Waals surface area contributed by atoms with Crippen LogP contribution in [0.2, 0.25) is 0 Å². The Hall–Kier alpha value is 0.470. The Bertz CT molecular complexity index is 566. The number of amides is 1. The van der Waals surface area contributed by atoms with Crippen LogP contribution in [0.15, 0.2) is 13.7 Å². The van der Waals surface area contributed by atoms with Crippen LogP contribution in [-0.4, -0.2) is 43.2 Å². The smallest absolute Gasteiger partial charge is 0.247 e. The van der Waals surface area contributed by atoms with Crippen molar-refractivity contribution >= 4 is 65.5 Å². The molecule has 2 heterocycles. The van der Waals surface area contributed by atoms with Gasteiger partial charge in [0.2, 0.25) is 5.91 Å². The predicted molar refractivity (Wildman–Crippen MR) is 102 cm³/mol. The molecule has 0 saturated carbocycles. The second kappa shape index (κ2) is 7.15. The van der Waals surface area contributed by atoms with E-state index in [0.29, 0.717) is 15.1 Å². The molecule has 0 bridgehead atoms. The van der Waals surface area contributed by atoms with Gasteiger partial charge in [-0.25, -0.2) is 4.68 Å². The molecule has 0 aliphatic carbocycles. The van der Waals surface area contributed by atoms with E-state index < -0.39 is 0 Å². The van der Waals surface area contributed by atoms with E-state index >= 15 is 0 Å². The molecule has 1 aliphatic heterocycles. The Kier molecular flexibility index (Phi) is 6.11. The third-order valence-corrected chi connectivity index (χ3v) is 9.18. The van der Waals surface area contributed by atoms with E-state index in [2.05, 4.69) is 80.6 Å². The number of hydrogen-bond donors (Lipinski definition) is 0. The summed E-state index contributed by atoms with van der Waals surface area (Å²) in [6, 6.07) is 0.0733. The third kappa shape index (κ3) is 3.30. The van der Waals surface area contributed by atoms with E-state index in [0.717, 1.165) is 9.08 Å². The van der Waals surface area contributed by atoms with Gasteiger partial charge in [-0.3, -0.25) is 4.79 Å².